The molecule has 0 bridgehead atoms. The lowest BCUT2D eigenvalue weighted by Crippen LogP contribution is -2.20. The van der Waals surface area contributed by atoms with E-state index in [9.17, 15) is 9.18 Å². The smallest absolute Gasteiger partial charge is 0.309 e. The predicted molar refractivity (Wildman–Crippen MR) is 65.1 cm³/mol. The molecule has 0 N–H and O–H groups in total. The summed E-state index contributed by atoms with van der Waals surface area (Å²) in [7, 11) is 0. The maximum absolute atomic E-state index is 13.0. The van der Waals surface area contributed by atoms with E-state index in [2.05, 4.69) is 0 Å². The number of ether oxygens (including phenoxy) is 1. The Morgan fingerprint density at radius 1 is 1.41 bits per heavy atom. The highest BCUT2D eigenvalue weighted by molar-refractivity contribution is 5.72. The van der Waals surface area contributed by atoms with Crippen molar-refractivity contribution in [2.45, 2.75) is 33.1 Å². The van der Waals surface area contributed by atoms with Gasteiger partial charge in [-0.25, -0.2) is 4.39 Å². The van der Waals surface area contributed by atoms with Crippen LogP contribution in [0.1, 0.15) is 32.3 Å². The van der Waals surface area contributed by atoms with E-state index in [1.54, 1.807) is 13.0 Å². The van der Waals surface area contributed by atoms with Crippen LogP contribution in [0.2, 0.25) is 0 Å². The predicted octanol–water partition coefficient (Wildman–Crippen LogP) is 3.35. The molecule has 0 unspecified atom stereocenters. The molecule has 3 heteroatoms. The van der Waals surface area contributed by atoms with Crippen molar-refractivity contribution >= 4 is 5.97 Å². The van der Waals surface area contributed by atoms with Crippen LogP contribution in [0.3, 0.4) is 0 Å². The molecule has 0 aliphatic heterocycles. The molecule has 0 spiro atoms. The Morgan fingerprint density at radius 2 is 2.18 bits per heavy atom. The Hall–Kier alpha value is -1.38. The highest BCUT2D eigenvalue weighted by atomic mass is 19.1. The minimum absolute atomic E-state index is 0.165. The molecule has 0 saturated heterocycles. The molecule has 17 heavy (non-hydrogen) atoms. The highest BCUT2D eigenvalue weighted by Gasteiger charge is 2.19. The third-order valence-corrected chi connectivity index (χ3v) is 2.63. The van der Waals surface area contributed by atoms with Gasteiger partial charge in [-0.3, -0.25) is 4.79 Å². The van der Waals surface area contributed by atoms with Crippen LogP contribution >= 0.6 is 0 Å². The minimum atomic E-state index is -0.262. The minimum Gasteiger partial charge on any atom is -0.466 e. The van der Waals surface area contributed by atoms with Crippen LogP contribution in [0.15, 0.2) is 24.3 Å². The van der Waals surface area contributed by atoms with Crippen molar-refractivity contribution < 1.29 is 13.9 Å². The first kappa shape index (κ1) is 13.7. The van der Waals surface area contributed by atoms with Gasteiger partial charge in [0, 0.05) is 0 Å². The maximum Gasteiger partial charge on any atom is 0.309 e. The number of halogens is 1. The fourth-order valence-electron chi connectivity index (χ4n) is 1.86. The summed E-state index contributed by atoms with van der Waals surface area (Å²) in [6, 6.07) is 6.38. The first-order chi connectivity index (χ1) is 8.17. The molecule has 1 atom stereocenters. The molecule has 0 aliphatic rings. The van der Waals surface area contributed by atoms with Gasteiger partial charge in [0.2, 0.25) is 0 Å². The van der Waals surface area contributed by atoms with Crippen LogP contribution in [-0.2, 0) is 16.0 Å². The van der Waals surface area contributed by atoms with Gasteiger partial charge in [0.05, 0.1) is 12.5 Å². The summed E-state index contributed by atoms with van der Waals surface area (Å²) in [5, 5.41) is 0. The number of benzene rings is 1. The number of carbonyl (C=O) groups is 1. The summed E-state index contributed by atoms with van der Waals surface area (Å²) in [6.45, 7) is 4.21. The first-order valence-corrected chi connectivity index (χ1v) is 6.08. The second-order valence-electron chi connectivity index (χ2n) is 4.07. The lowest BCUT2D eigenvalue weighted by molar-refractivity contribution is -0.148. The van der Waals surface area contributed by atoms with E-state index < -0.39 is 0 Å². The van der Waals surface area contributed by atoms with Crippen LogP contribution < -0.4 is 0 Å². The molecule has 0 heterocycles. The largest absolute Gasteiger partial charge is 0.466 e. The van der Waals surface area contributed by atoms with Gasteiger partial charge in [-0.2, -0.15) is 0 Å². The second-order valence-corrected chi connectivity index (χ2v) is 4.07. The van der Waals surface area contributed by atoms with Crippen molar-refractivity contribution in [2.24, 2.45) is 5.92 Å². The normalized spacial score (nSPS) is 12.2. The van der Waals surface area contributed by atoms with E-state index in [1.165, 1.54) is 12.1 Å². The molecule has 0 fully saturated rings. The van der Waals surface area contributed by atoms with E-state index >= 15 is 0 Å². The number of esters is 1. The van der Waals surface area contributed by atoms with Crippen molar-refractivity contribution in [2.75, 3.05) is 6.61 Å². The Balaban J connectivity index is 2.69. The SMILES string of the molecule is CCC[C@@H](Cc1cccc(F)c1)C(=O)OCC. The van der Waals surface area contributed by atoms with Crippen molar-refractivity contribution in [3.63, 3.8) is 0 Å². The number of hydrogen-bond acceptors (Lipinski definition) is 2. The van der Waals surface area contributed by atoms with Gasteiger partial charge in [0.1, 0.15) is 5.82 Å². The van der Waals surface area contributed by atoms with Crippen molar-refractivity contribution in [1.82, 2.24) is 0 Å². The Morgan fingerprint density at radius 3 is 2.76 bits per heavy atom. The monoisotopic (exact) mass is 238 g/mol. The van der Waals surface area contributed by atoms with E-state index in [4.69, 9.17) is 4.74 Å². The third-order valence-electron chi connectivity index (χ3n) is 2.63. The van der Waals surface area contributed by atoms with Crippen molar-refractivity contribution in [3.05, 3.63) is 35.6 Å². The van der Waals surface area contributed by atoms with Gasteiger partial charge in [-0.05, 0) is 37.5 Å². The molecule has 94 valence electrons. The van der Waals surface area contributed by atoms with E-state index in [-0.39, 0.29) is 17.7 Å². The lowest BCUT2D eigenvalue weighted by atomic mass is 9.95. The van der Waals surface area contributed by atoms with E-state index in [0.717, 1.165) is 18.4 Å². The molecule has 0 aliphatic carbocycles. The average Bonchev–Trinajstić information content (AvgIpc) is 2.29. The third kappa shape index (κ3) is 4.55. The molecule has 2 nitrogen and oxygen atoms in total. The molecule has 0 saturated carbocycles. The van der Waals surface area contributed by atoms with Crippen LogP contribution in [-0.4, -0.2) is 12.6 Å². The Labute approximate surface area is 102 Å². The number of carbonyl (C=O) groups excluding carboxylic acids is 1. The zero-order valence-corrected chi connectivity index (χ0v) is 10.4. The van der Waals surface area contributed by atoms with Gasteiger partial charge >= 0.3 is 5.97 Å². The zero-order valence-electron chi connectivity index (χ0n) is 10.4. The zero-order chi connectivity index (χ0) is 12.7. The molecule has 0 aromatic heterocycles. The Bertz CT molecular complexity index is 363. The maximum atomic E-state index is 13.0. The topological polar surface area (TPSA) is 26.3 Å². The van der Waals surface area contributed by atoms with Crippen LogP contribution in [0.25, 0.3) is 0 Å². The quantitative estimate of drug-likeness (QED) is 0.710. The summed E-state index contributed by atoms with van der Waals surface area (Å²) in [5.41, 5.74) is 0.844. The van der Waals surface area contributed by atoms with Crippen LogP contribution in [0.4, 0.5) is 4.39 Å². The van der Waals surface area contributed by atoms with Gasteiger partial charge in [-0.15, -0.1) is 0 Å². The van der Waals surface area contributed by atoms with Crippen LogP contribution in [0.5, 0.6) is 0 Å². The molecule has 1 aromatic rings. The summed E-state index contributed by atoms with van der Waals surface area (Å²) in [6.07, 6.45) is 2.23. The van der Waals surface area contributed by atoms with Gasteiger partial charge < -0.3 is 4.74 Å². The number of rotatable bonds is 6. The average molecular weight is 238 g/mol. The van der Waals surface area contributed by atoms with Gasteiger partial charge in [-0.1, -0.05) is 25.5 Å². The molecule has 0 amide bonds. The highest BCUT2D eigenvalue weighted by Crippen LogP contribution is 2.16. The summed E-state index contributed by atoms with van der Waals surface area (Å²) in [5.74, 6) is -0.609. The summed E-state index contributed by atoms with van der Waals surface area (Å²) >= 11 is 0. The molecular weight excluding hydrogens is 219 g/mol. The molecular formula is C14H19FO2. The van der Waals surface area contributed by atoms with Crippen LogP contribution in [0, 0.1) is 11.7 Å². The number of hydrogen-bond donors (Lipinski definition) is 0. The fourth-order valence-corrected chi connectivity index (χ4v) is 1.86. The molecule has 1 aromatic carbocycles. The van der Waals surface area contributed by atoms with E-state index in [1.807, 2.05) is 13.0 Å². The first-order valence-electron chi connectivity index (χ1n) is 6.08. The van der Waals surface area contributed by atoms with Gasteiger partial charge in [0.25, 0.3) is 0 Å². The van der Waals surface area contributed by atoms with Crippen molar-refractivity contribution in [3.8, 4) is 0 Å². The van der Waals surface area contributed by atoms with Gasteiger partial charge in [0.15, 0.2) is 0 Å². The summed E-state index contributed by atoms with van der Waals surface area (Å²) < 4.78 is 18.1. The van der Waals surface area contributed by atoms with E-state index in [0.29, 0.717) is 13.0 Å². The molecule has 1 rings (SSSR count). The summed E-state index contributed by atoms with van der Waals surface area (Å²) in [4.78, 5) is 11.7. The Kier molecular flexibility index (Phi) is 5.67. The standard InChI is InChI=1S/C14H19FO2/c1-3-6-12(14(16)17-4-2)9-11-7-5-8-13(15)10-11/h5,7-8,10,12H,3-4,6,9H2,1-2H3/t12-/m0/s1. The van der Waals surface area contributed by atoms with Crippen molar-refractivity contribution in [1.29, 1.82) is 0 Å². The second kappa shape index (κ2) is 7.05. The lowest BCUT2D eigenvalue weighted by Gasteiger charge is -2.14. The molecule has 0 radical (unpaired) electrons. The fraction of sp³-hybridized carbons (Fsp3) is 0.500.